The van der Waals surface area contributed by atoms with Gasteiger partial charge in [0, 0.05) is 39.3 Å². The first-order valence-electron chi connectivity index (χ1n) is 15.4. The van der Waals surface area contributed by atoms with Gasteiger partial charge in [-0.15, -0.1) is 0 Å². The van der Waals surface area contributed by atoms with Crippen molar-refractivity contribution < 1.29 is 50.5 Å². The van der Waals surface area contributed by atoms with Gasteiger partial charge in [-0.1, -0.05) is 53.1 Å². The third-order valence-electron chi connectivity index (χ3n) is 7.45. The van der Waals surface area contributed by atoms with Crippen molar-refractivity contribution in [3.63, 3.8) is 0 Å². The minimum Gasteiger partial charge on any atom is -0.269 e. The summed E-state index contributed by atoms with van der Waals surface area (Å²) in [6.45, 7) is 1.32. The predicted octanol–water partition coefficient (Wildman–Crippen LogP) is 1.94. The first-order chi connectivity index (χ1) is 23.5. The first-order valence-corrected chi connectivity index (χ1v) is 23.4. The Morgan fingerprint density at radius 1 is 0.392 bits per heavy atom. The molecule has 0 atom stereocenters. The number of hydrogen-bond donors (Lipinski definition) is 0. The molecule has 0 spiro atoms. The van der Waals surface area contributed by atoms with Gasteiger partial charge < -0.3 is 0 Å². The highest BCUT2D eigenvalue weighted by Crippen LogP contribution is 2.22. The summed E-state index contributed by atoms with van der Waals surface area (Å²) in [4.78, 5) is -0.391. The van der Waals surface area contributed by atoms with Crippen molar-refractivity contribution in [1.29, 1.82) is 0 Å². The van der Waals surface area contributed by atoms with Crippen molar-refractivity contribution in [2.45, 2.75) is 35.5 Å². The maximum absolute atomic E-state index is 14.1. The van der Waals surface area contributed by atoms with Crippen LogP contribution in [0.25, 0.3) is 0 Å². The third kappa shape index (κ3) is 12.7. The predicted molar refractivity (Wildman–Crippen MR) is 191 cm³/mol. The van der Waals surface area contributed by atoms with Crippen molar-refractivity contribution in [3.05, 3.63) is 89.5 Å². The molecule has 0 saturated heterocycles. The van der Waals surface area contributed by atoms with Gasteiger partial charge in [-0.25, -0.2) is 25.3 Å². The Balaban J connectivity index is 2.02. The summed E-state index contributed by atoms with van der Waals surface area (Å²) in [7, 11) is -20.9. The number of benzene rings is 3. The second-order valence-electron chi connectivity index (χ2n) is 11.7. The lowest BCUT2D eigenvalue weighted by molar-refractivity contribution is 0.255. The van der Waals surface area contributed by atoms with Crippen molar-refractivity contribution in [2.75, 3.05) is 65.0 Å². The Labute approximate surface area is 302 Å². The fourth-order valence-corrected chi connectivity index (χ4v) is 9.67. The Hall–Kier alpha value is -2.79. The van der Waals surface area contributed by atoms with E-state index in [9.17, 15) is 42.1 Å². The molecule has 0 aliphatic carbocycles. The molecule has 0 aromatic heterocycles. The van der Waals surface area contributed by atoms with Gasteiger partial charge in [0.25, 0.3) is 20.2 Å². The summed E-state index contributed by atoms with van der Waals surface area (Å²) >= 11 is 0. The van der Waals surface area contributed by atoms with E-state index < -0.39 is 103 Å². The van der Waals surface area contributed by atoms with Gasteiger partial charge in [-0.05, 0) is 57.2 Å². The largest absolute Gasteiger partial charge is 0.269 e. The Kier molecular flexibility index (Phi) is 14.5. The number of nitrogens with zero attached hydrogens (tertiary/aromatic N) is 3. The summed E-state index contributed by atoms with van der Waals surface area (Å²) in [5, 5.41) is 0. The number of aryl methyl sites for hydroxylation is 3. The van der Waals surface area contributed by atoms with Gasteiger partial charge in [0.15, 0.2) is 0 Å². The molecule has 284 valence electrons. The zero-order chi connectivity index (χ0) is 38.3. The highest BCUT2D eigenvalue weighted by atomic mass is 32.2. The smallest absolute Gasteiger partial charge is 0.264 e. The normalized spacial score (nSPS) is 13.3. The zero-order valence-corrected chi connectivity index (χ0v) is 32.9. The van der Waals surface area contributed by atoms with Crippen LogP contribution in [0.3, 0.4) is 0 Å². The van der Waals surface area contributed by atoms with E-state index in [0.717, 1.165) is 42.1 Å². The maximum Gasteiger partial charge on any atom is 0.264 e. The number of rotatable bonds is 20. The molecule has 0 saturated carbocycles. The molecule has 0 bridgehead atoms. The van der Waals surface area contributed by atoms with Gasteiger partial charge >= 0.3 is 0 Å². The first kappa shape index (κ1) is 42.6. The van der Waals surface area contributed by atoms with Crippen LogP contribution >= 0.6 is 0 Å². The van der Waals surface area contributed by atoms with E-state index in [1.54, 1.807) is 57.2 Å². The van der Waals surface area contributed by atoms with Crippen LogP contribution in [0, 0.1) is 20.8 Å². The zero-order valence-electron chi connectivity index (χ0n) is 28.9. The van der Waals surface area contributed by atoms with Crippen LogP contribution in [-0.4, -0.2) is 120 Å². The second kappa shape index (κ2) is 17.4. The molecular formula is C31H43N3O12S5. The lowest BCUT2D eigenvalue weighted by Crippen LogP contribution is -2.46. The SMILES string of the molecule is Cc1ccc(S(=O)(=O)N(CCOS(C)(=O)=O)CCN(CCN(CCOS(C)(=O)=O)S(=O)(=O)c2ccc(C)cc2)S(=O)(=O)c2ccc(C)cc2)cc1. The number of hydrogen-bond acceptors (Lipinski definition) is 12. The van der Waals surface area contributed by atoms with E-state index in [0.29, 0.717) is 0 Å². The summed E-state index contributed by atoms with van der Waals surface area (Å²) in [6.07, 6.45) is 1.61. The van der Waals surface area contributed by atoms with Crippen LogP contribution in [0.15, 0.2) is 87.5 Å². The highest BCUT2D eigenvalue weighted by Gasteiger charge is 2.32. The second-order valence-corrected chi connectivity index (χ2v) is 20.8. The minimum atomic E-state index is -4.39. The van der Waals surface area contributed by atoms with E-state index >= 15 is 0 Å². The topological polar surface area (TPSA) is 199 Å². The standard InChI is InChI=1S/C31H43N3O12S5/c1-26-6-12-29(13-7-26)49(39,40)32(18-20-33(22-24-45-47(4,35)36)50(41,42)30-14-8-27(2)9-15-30)19-21-34(23-25-46-48(5,37)38)51(43,44)31-16-10-28(3)11-17-31/h6-17H,18-25H2,1-5H3. The monoisotopic (exact) mass is 809 g/mol. The molecule has 20 heteroatoms. The quantitative estimate of drug-likeness (QED) is 0.151. The van der Waals surface area contributed by atoms with E-state index in [-0.39, 0.29) is 14.7 Å². The van der Waals surface area contributed by atoms with Crippen LogP contribution in [0.2, 0.25) is 0 Å². The number of sulfonamides is 3. The van der Waals surface area contributed by atoms with Crippen molar-refractivity contribution >= 4 is 50.3 Å². The molecule has 0 heterocycles. The third-order valence-corrected chi connectivity index (χ3v) is 14.4. The van der Waals surface area contributed by atoms with E-state index in [1.807, 2.05) is 0 Å². The highest BCUT2D eigenvalue weighted by molar-refractivity contribution is 7.90. The Bertz CT molecular complexity index is 2050. The fourth-order valence-electron chi connectivity index (χ4n) is 4.66. The Morgan fingerprint density at radius 3 is 0.824 bits per heavy atom. The molecule has 0 radical (unpaired) electrons. The molecule has 3 rings (SSSR count). The average molecular weight is 810 g/mol. The molecule has 3 aromatic carbocycles. The molecular weight excluding hydrogens is 767 g/mol. The summed E-state index contributed by atoms with van der Waals surface area (Å²) in [5.41, 5.74) is 2.33. The van der Waals surface area contributed by atoms with Gasteiger partial charge in [0.2, 0.25) is 30.1 Å². The fraction of sp³-hybridized carbons (Fsp3) is 0.419. The van der Waals surface area contributed by atoms with Crippen LogP contribution in [-0.2, 0) is 58.7 Å². The summed E-state index contributed by atoms with van der Waals surface area (Å²) in [5.74, 6) is 0. The molecule has 0 N–H and O–H groups in total. The van der Waals surface area contributed by atoms with Gasteiger partial charge in [-0.2, -0.15) is 29.8 Å². The van der Waals surface area contributed by atoms with E-state index in [4.69, 9.17) is 8.37 Å². The molecule has 0 aliphatic heterocycles. The van der Waals surface area contributed by atoms with Gasteiger partial charge in [0.1, 0.15) is 0 Å². The molecule has 0 unspecified atom stereocenters. The molecule has 51 heavy (non-hydrogen) atoms. The summed E-state index contributed by atoms with van der Waals surface area (Å²) in [6, 6.07) is 17.6. The van der Waals surface area contributed by atoms with Gasteiger partial charge in [-0.3, -0.25) is 8.37 Å². The van der Waals surface area contributed by atoms with Crippen LogP contribution in [0.4, 0.5) is 0 Å². The molecule has 0 fully saturated rings. The maximum atomic E-state index is 14.1. The average Bonchev–Trinajstić information content (AvgIpc) is 3.02. The lowest BCUT2D eigenvalue weighted by Gasteiger charge is -2.29. The minimum absolute atomic E-state index is 0.123. The van der Waals surface area contributed by atoms with Crippen LogP contribution in [0.5, 0.6) is 0 Å². The van der Waals surface area contributed by atoms with Crippen LogP contribution in [0.1, 0.15) is 16.7 Å². The van der Waals surface area contributed by atoms with Gasteiger partial charge in [0.05, 0.1) is 40.4 Å². The molecule has 0 amide bonds. The van der Waals surface area contributed by atoms with Crippen molar-refractivity contribution in [2.24, 2.45) is 0 Å². The molecule has 3 aromatic rings. The van der Waals surface area contributed by atoms with Crippen molar-refractivity contribution in [1.82, 2.24) is 12.9 Å². The molecule has 0 aliphatic rings. The lowest BCUT2D eigenvalue weighted by atomic mass is 10.2. The van der Waals surface area contributed by atoms with E-state index in [2.05, 4.69) is 0 Å². The van der Waals surface area contributed by atoms with Crippen molar-refractivity contribution in [3.8, 4) is 0 Å². The Morgan fingerprint density at radius 2 is 0.608 bits per heavy atom. The molecule has 15 nitrogen and oxygen atoms in total. The van der Waals surface area contributed by atoms with E-state index in [1.165, 1.54) is 36.4 Å². The van der Waals surface area contributed by atoms with Crippen LogP contribution < -0.4 is 0 Å². The summed E-state index contributed by atoms with van der Waals surface area (Å²) < 4.78 is 142.